The van der Waals surface area contributed by atoms with Gasteiger partial charge in [0.2, 0.25) is 0 Å². The summed E-state index contributed by atoms with van der Waals surface area (Å²) in [6.07, 6.45) is 1.13. The number of aromatic carboxylic acids is 1. The van der Waals surface area contributed by atoms with Gasteiger partial charge in [-0.2, -0.15) is 0 Å². The predicted octanol–water partition coefficient (Wildman–Crippen LogP) is 3.09. The van der Waals surface area contributed by atoms with Gasteiger partial charge in [-0.05, 0) is 18.6 Å². The van der Waals surface area contributed by atoms with Gasteiger partial charge in [0, 0.05) is 6.20 Å². The highest BCUT2D eigenvalue weighted by Gasteiger charge is 2.12. The molecule has 1 atom stereocenters. The summed E-state index contributed by atoms with van der Waals surface area (Å²) in [6, 6.07) is 10.4. The highest BCUT2D eigenvalue weighted by Crippen LogP contribution is 2.20. The minimum Gasteiger partial charge on any atom is -0.478 e. The molecule has 0 radical (unpaired) electrons. The Morgan fingerprint density at radius 2 is 2.05 bits per heavy atom. The number of nitrogens with one attached hydrogen (secondary N) is 1. The van der Waals surface area contributed by atoms with Crippen LogP contribution < -0.4 is 5.32 Å². The van der Waals surface area contributed by atoms with Gasteiger partial charge in [0.15, 0.2) is 11.6 Å². The minimum atomic E-state index is -1.20. The van der Waals surface area contributed by atoms with Crippen molar-refractivity contribution < 1.29 is 14.3 Å². The molecular formula is C14H13FN2O2. The summed E-state index contributed by atoms with van der Waals surface area (Å²) < 4.78 is 13.7. The summed E-state index contributed by atoms with van der Waals surface area (Å²) in [7, 11) is 0. The average molecular weight is 260 g/mol. The number of aromatic nitrogens is 1. The van der Waals surface area contributed by atoms with Crippen LogP contribution in [0.5, 0.6) is 0 Å². The summed E-state index contributed by atoms with van der Waals surface area (Å²) in [4.78, 5) is 14.5. The minimum absolute atomic E-state index is 0.0429. The Kier molecular flexibility index (Phi) is 3.75. The number of carboxylic acid groups (broad SMARTS) is 1. The van der Waals surface area contributed by atoms with Crippen molar-refractivity contribution in [3.05, 3.63) is 59.5 Å². The van der Waals surface area contributed by atoms with Crippen LogP contribution in [0.2, 0.25) is 0 Å². The first-order valence-corrected chi connectivity index (χ1v) is 5.78. The largest absolute Gasteiger partial charge is 0.478 e. The smallest absolute Gasteiger partial charge is 0.337 e. The Morgan fingerprint density at radius 3 is 2.63 bits per heavy atom. The van der Waals surface area contributed by atoms with E-state index in [1.54, 1.807) is 0 Å². The SMILES string of the molecule is C[C@H](Nc1ncc(C(=O)O)cc1F)c1ccccc1. The van der Waals surface area contributed by atoms with Gasteiger partial charge >= 0.3 is 5.97 Å². The standard InChI is InChI=1S/C14H13FN2O2/c1-9(10-5-3-2-4-6-10)17-13-12(15)7-11(8-16-13)14(18)19/h2-9H,1H3,(H,16,17)(H,18,19)/t9-/m0/s1. The third-order valence-corrected chi connectivity index (χ3v) is 2.74. The molecule has 0 aliphatic carbocycles. The Hall–Kier alpha value is -2.43. The Balaban J connectivity index is 2.18. The molecule has 2 aromatic rings. The van der Waals surface area contributed by atoms with Crippen LogP contribution in [-0.4, -0.2) is 16.1 Å². The van der Waals surface area contributed by atoms with Crippen molar-refractivity contribution in [3.8, 4) is 0 Å². The van der Waals surface area contributed by atoms with Crippen molar-refractivity contribution in [1.82, 2.24) is 4.98 Å². The van der Waals surface area contributed by atoms with Crippen molar-refractivity contribution in [1.29, 1.82) is 0 Å². The number of nitrogens with zero attached hydrogens (tertiary/aromatic N) is 1. The second-order valence-electron chi connectivity index (χ2n) is 4.14. The fourth-order valence-electron chi connectivity index (χ4n) is 1.69. The van der Waals surface area contributed by atoms with Crippen LogP contribution in [0.4, 0.5) is 10.2 Å². The number of halogens is 1. The van der Waals surface area contributed by atoms with Gasteiger partial charge in [-0.3, -0.25) is 0 Å². The number of anilines is 1. The molecule has 98 valence electrons. The van der Waals surface area contributed by atoms with E-state index in [2.05, 4.69) is 10.3 Å². The molecule has 0 spiro atoms. The van der Waals surface area contributed by atoms with Crippen LogP contribution in [0, 0.1) is 5.82 Å². The molecule has 1 aromatic carbocycles. The number of hydrogen-bond donors (Lipinski definition) is 2. The van der Waals surface area contributed by atoms with E-state index >= 15 is 0 Å². The first-order valence-electron chi connectivity index (χ1n) is 5.78. The monoisotopic (exact) mass is 260 g/mol. The second kappa shape index (κ2) is 5.48. The molecule has 0 unspecified atom stereocenters. The quantitative estimate of drug-likeness (QED) is 0.886. The third kappa shape index (κ3) is 3.07. The zero-order valence-corrected chi connectivity index (χ0v) is 10.3. The van der Waals surface area contributed by atoms with Crippen molar-refractivity contribution in [2.24, 2.45) is 0 Å². The van der Waals surface area contributed by atoms with Gasteiger partial charge in [0.25, 0.3) is 0 Å². The fourth-order valence-corrected chi connectivity index (χ4v) is 1.69. The zero-order valence-electron chi connectivity index (χ0n) is 10.3. The lowest BCUT2D eigenvalue weighted by atomic mass is 10.1. The second-order valence-corrected chi connectivity index (χ2v) is 4.14. The van der Waals surface area contributed by atoms with E-state index in [9.17, 15) is 9.18 Å². The average Bonchev–Trinajstić information content (AvgIpc) is 2.41. The number of hydrogen-bond acceptors (Lipinski definition) is 3. The van der Waals surface area contributed by atoms with Crippen LogP contribution in [0.25, 0.3) is 0 Å². The van der Waals surface area contributed by atoms with E-state index in [0.717, 1.165) is 17.8 Å². The Labute approximate surface area is 109 Å². The Bertz CT molecular complexity index is 587. The highest BCUT2D eigenvalue weighted by molar-refractivity contribution is 5.87. The molecule has 2 rings (SSSR count). The first-order chi connectivity index (χ1) is 9.08. The summed E-state index contributed by atoms with van der Waals surface area (Å²) >= 11 is 0. The molecular weight excluding hydrogens is 247 g/mol. The molecule has 0 aliphatic heterocycles. The lowest BCUT2D eigenvalue weighted by Gasteiger charge is -2.15. The number of pyridine rings is 1. The maximum absolute atomic E-state index is 13.7. The van der Waals surface area contributed by atoms with Crippen molar-refractivity contribution >= 4 is 11.8 Å². The van der Waals surface area contributed by atoms with E-state index in [4.69, 9.17) is 5.11 Å². The number of benzene rings is 1. The maximum Gasteiger partial charge on any atom is 0.337 e. The molecule has 1 aromatic heterocycles. The summed E-state index contributed by atoms with van der Waals surface area (Å²) in [5, 5.41) is 11.6. The van der Waals surface area contributed by atoms with Gasteiger partial charge in [0.05, 0.1) is 11.6 Å². The summed E-state index contributed by atoms with van der Waals surface area (Å²) in [5.41, 5.74) is 0.821. The number of carbonyl (C=O) groups is 1. The van der Waals surface area contributed by atoms with Crippen LogP contribution in [0.1, 0.15) is 28.9 Å². The van der Waals surface area contributed by atoms with Gasteiger partial charge in [0.1, 0.15) is 0 Å². The topological polar surface area (TPSA) is 62.2 Å². The van der Waals surface area contributed by atoms with Gasteiger partial charge in [-0.1, -0.05) is 30.3 Å². The van der Waals surface area contributed by atoms with E-state index in [1.807, 2.05) is 37.3 Å². The number of rotatable bonds is 4. The van der Waals surface area contributed by atoms with Crippen molar-refractivity contribution in [3.63, 3.8) is 0 Å². The molecule has 4 nitrogen and oxygen atoms in total. The lowest BCUT2D eigenvalue weighted by molar-refractivity contribution is 0.0696. The fraction of sp³-hybridized carbons (Fsp3) is 0.143. The van der Waals surface area contributed by atoms with Gasteiger partial charge in [-0.15, -0.1) is 0 Å². The van der Waals surface area contributed by atoms with Crippen LogP contribution in [-0.2, 0) is 0 Å². The van der Waals surface area contributed by atoms with Crippen molar-refractivity contribution in [2.75, 3.05) is 5.32 Å². The van der Waals surface area contributed by atoms with Gasteiger partial charge in [-0.25, -0.2) is 14.2 Å². The maximum atomic E-state index is 13.7. The molecule has 5 heteroatoms. The third-order valence-electron chi connectivity index (χ3n) is 2.74. The summed E-state index contributed by atoms with van der Waals surface area (Å²) in [6.45, 7) is 1.88. The van der Waals surface area contributed by atoms with E-state index in [1.165, 1.54) is 0 Å². The van der Waals surface area contributed by atoms with E-state index in [0.29, 0.717) is 0 Å². The molecule has 1 heterocycles. The highest BCUT2D eigenvalue weighted by atomic mass is 19.1. The first kappa shape index (κ1) is 13.0. The normalized spacial score (nSPS) is 11.9. The lowest BCUT2D eigenvalue weighted by Crippen LogP contribution is -2.10. The van der Waals surface area contributed by atoms with Crippen LogP contribution in [0.15, 0.2) is 42.6 Å². The van der Waals surface area contributed by atoms with Crippen LogP contribution in [0.3, 0.4) is 0 Å². The predicted molar refractivity (Wildman–Crippen MR) is 69.6 cm³/mol. The molecule has 0 saturated carbocycles. The Morgan fingerprint density at radius 1 is 1.37 bits per heavy atom. The molecule has 19 heavy (non-hydrogen) atoms. The molecule has 2 N–H and O–H groups in total. The van der Waals surface area contributed by atoms with Crippen molar-refractivity contribution in [2.45, 2.75) is 13.0 Å². The van der Waals surface area contributed by atoms with Crippen LogP contribution >= 0.6 is 0 Å². The molecule has 0 fully saturated rings. The van der Waals surface area contributed by atoms with E-state index in [-0.39, 0.29) is 17.4 Å². The van der Waals surface area contributed by atoms with E-state index < -0.39 is 11.8 Å². The zero-order chi connectivity index (χ0) is 13.8. The molecule has 0 amide bonds. The van der Waals surface area contributed by atoms with Gasteiger partial charge < -0.3 is 10.4 Å². The molecule has 0 aliphatic rings. The molecule has 0 saturated heterocycles. The summed E-state index contributed by atoms with van der Waals surface area (Å²) in [5.74, 6) is -1.84. The molecule has 0 bridgehead atoms. The number of carboxylic acids is 1.